The van der Waals surface area contributed by atoms with Crippen molar-refractivity contribution in [1.29, 1.82) is 0 Å². The van der Waals surface area contributed by atoms with Crippen LogP contribution in [0.4, 0.5) is 0 Å². The molecule has 3 aromatic rings. The summed E-state index contributed by atoms with van der Waals surface area (Å²) in [5.41, 5.74) is 8.81. The van der Waals surface area contributed by atoms with Crippen LogP contribution in [0.1, 0.15) is 11.1 Å². The number of pyridine rings is 2. The predicted molar refractivity (Wildman–Crippen MR) is 76.0 cm³/mol. The summed E-state index contributed by atoms with van der Waals surface area (Å²) in [7, 11) is 0. The molecule has 0 aliphatic carbocycles. The summed E-state index contributed by atoms with van der Waals surface area (Å²) < 4.78 is 2.07. The molecule has 0 radical (unpaired) electrons. The van der Waals surface area contributed by atoms with Crippen LogP contribution >= 0.6 is 11.6 Å². The van der Waals surface area contributed by atoms with E-state index in [4.69, 9.17) is 17.3 Å². The van der Waals surface area contributed by atoms with Gasteiger partial charge in [0.1, 0.15) is 5.65 Å². The lowest BCUT2D eigenvalue weighted by Crippen LogP contribution is -2.00. The van der Waals surface area contributed by atoms with Gasteiger partial charge in [-0.3, -0.25) is 4.98 Å². The van der Waals surface area contributed by atoms with Crippen LogP contribution in [0, 0.1) is 0 Å². The summed E-state index contributed by atoms with van der Waals surface area (Å²) in [6, 6.07) is 5.87. The third-order valence-electron chi connectivity index (χ3n) is 3.13. The first-order valence-corrected chi connectivity index (χ1v) is 6.38. The molecule has 0 bridgehead atoms. The maximum Gasteiger partial charge on any atom is 0.140 e. The van der Waals surface area contributed by atoms with E-state index in [0.29, 0.717) is 18.1 Å². The quantitative estimate of drug-likeness (QED) is 0.797. The molecule has 0 spiro atoms. The molecule has 96 valence electrons. The Labute approximate surface area is 115 Å². The largest absolute Gasteiger partial charge is 0.328 e. The van der Waals surface area contributed by atoms with Gasteiger partial charge in [0.05, 0.1) is 11.6 Å². The summed E-state index contributed by atoms with van der Waals surface area (Å²) in [6.45, 7) is 1.16. The van der Waals surface area contributed by atoms with Crippen molar-refractivity contribution in [2.45, 2.75) is 13.1 Å². The Bertz CT molecular complexity index is 720. The highest BCUT2D eigenvalue weighted by Crippen LogP contribution is 2.22. The second-order valence-electron chi connectivity index (χ2n) is 4.33. The Balaban J connectivity index is 2.09. The summed E-state index contributed by atoms with van der Waals surface area (Å²) in [5, 5.41) is 1.75. The van der Waals surface area contributed by atoms with Crippen molar-refractivity contribution < 1.29 is 0 Å². The number of nitrogens with zero attached hydrogens (tertiary/aromatic N) is 3. The summed E-state index contributed by atoms with van der Waals surface area (Å²) >= 11 is 6.15. The van der Waals surface area contributed by atoms with Gasteiger partial charge in [0, 0.05) is 36.7 Å². The maximum atomic E-state index is 6.15. The molecule has 19 heavy (non-hydrogen) atoms. The second kappa shape index (κ2) is 4.99. The summed E-state index contributed by atoms with van der Waals surface area (Å²) in [5.74, 6) is 0. The molecule has 0 aliphatic rings. The zero-order valence-electron chi connectivity index (χ0n) is 10.3. The van der Waals surface area contributed by atoms with Gasteiger partial charge in [0.25, 0.3) is 0 Å². The van der Waals surface area contributed by atoms with Crippen molar-refractivity contribution in [1.82, 2.24) is 14.5 Å². The molecule has 0 unspecified atom stereocenters. The van der Waals surface area contributed by atoms with Crippen LogP contribution in [0.25, 0.3) is 11.0 Å². The first-order chi connectivity index (χ1) is 9.29. The van der Waals surface area contributed by atoms with Gasteiger partial charge in [0.2, 0.25) is 0 Å². The van der Waals surface area contributed by atoms with E-state index >= 15 is 0 Å². The smallest absolute Gasteiger partial charge is 0.140 e. The fourth-order valence-electron chi connectivity index (χ4n) is 2.19. The molecule has 3 aromatic heterocycles. The van der Waals surface area contributed by atoms with Crippen LogP contribution in [-0.4, -0.2) is 14.5 Å². The van der Waals surface area contributed by atoms with Gasteiger partial charge >= 0.3 is 0 Å². The highest BCUT2D eigenvalue weighted by Gasteiger charge is 2.09. The summed E-state index contributed by atoms with van der Waals surface area (Å²) in [4.78, 5) is 8.42. The molecule has 0 amide bonds. The molecule has 5 heteroatoms. The number of hydrogen-bond acceptors (Lipinski definition) is 3. The van der Waals surface area contributed by atoms with Gasteiger partial charge in [0.15, 0.2) is 0 Å². The first-order valence-electron chi connectivity index (χ1n) is 6.01. The molecule has 2 N–H and O–H groups in total. The van der Waals surface area contributed by atoms with Crippen LogP contribution in [0.2, 0.25) is 5.02 Å². The van der Waals surface area contributed by atoms with E-state index in [0.717, 1.165) is 22.2 Å². The van der Waals surface area contributed by atoms with Crippen LogP contribution < -0.4 is 5.73 Å². The van der Waals surface area contributed by atoms with Crippen molar-refractivity contribution in [3.8, 4) is 0 Å². The van der Waals surface area contributed by atoms with Crippen molar-refractivity contribution in [3.63, 3.8) is 0 Å². The Morgan fingerprint density at radius 3 is 2.89 bits per heavy atom. The Hall–Kier alpha value is -1.91. The SMILES string of the molecule is NCc1cn(Cc2ccncc2Cl)c2ncccc12. The number of nitrogens with two attached hydrogens (primary N) is 1. The van der Waals surface area contributed by atoms with Crippen LogP contribution in [0.5, 0.6) is 0 Å². The van der Waals surface area contributed by atoms with Gasteiger partial charge in [-0.2, -0.15) is 0 Å². The molecule has 0 aromatic carbocycles. The fourth-order valence-corrected chi connectivity index (χ4v) is 2.37. The van der Waals surface area contributed by atoms with Crippen LogP contribution in [-0.2, 0) is 13.1 Å². The molecule has 0 aliphatic heterocycles. The zero-order chi connectivity index (χ0) is 13.2. The second-order valence-corrected chi connectivity index (χ2v) is 4.74. The van der Waals surface area contributed by atoms with E-state index in [1.807, 2.05) is 24.4 Å². The van der Waals surface area contributed by atoms with Gasteiger partial charge < -0.3 is 10.3 Å². The standard InChI is InChI=1S/C14H13ClN4/c15-13-7-17-5-3-10(13)8-19-9-11(6-16)12-2-1-4-18-14(12)19/h1-5,7,9H,6,8,16H2. The van der Waals surface area contributed by atoms with E-state index in [2.05, 4.69) is 14.5 Å². The van der Waals surface area contributed by atoms with E-state index in [1.54, 1.807) is 18.6 Å². The molecular formula is C14H13ClN4. The Morgan fingerprint density at radius 2 is 2.11 bits per heavy atom. The molecule has 0 atom stereocenters. The lowest BCUT2D eigenvalue weighted by Gasteiger charge is -2.06. The van der Waals surface area contributed by atoms with E-state index in [1.165, 1.54) is 0 Å². The molecule has 0 saturated carbocycles. The van der Waals surface area contributed by atoms with E-state index in [-0.39, 0.29) is 0 Å². The Morgan fingerprint density at radius 1 is 1.21 bits per heavy atom. The van der Waals surface area contributed by atoms with Crippen LogP contribution in [0.3, 0.4) is 0 Å². The van der Waals surface area contributed by atoms with E-state index in [9.17, 15) is 0 Å². The average Bonchev–Trinajstić information content (AvgIpc) is 2.80. The number of hydrogen-bond donors (Lipinski definition) is 1. The molecule has 3 rings (SSSR count). The maximum absolute atomic E-state index is 6.15. The first kappa shape index (κ1) is 12.1. The van der Waals surface area contributed by atoms with Gasteiger partial charge in [-0.1, -0.05) is 11.6 Å². The zero-order valence-corrected chi connectivity index (χ0v) is 11.0. The summed E-state index contributed by atoms with van der Waals surface area (Å²) in [6.07, 6.45) is 7.21. The van der Waals surface area contributed by atoms with Gasteiger partial charge in [-0.15, -0.1) is 0 Å². The minimum absolute atomic E-state index is 0.499. The minimum Gasteiger partial charge on any atom is -0.328 e. The highest BCUT2D eigenvalue weighted by molar-refractivity contribution is 6.31. The van der Waals surface area contributed by atoms with Gasteiger partial charge in [-0.05, 0) is 29.3 Å². The lowest BCUT2D eigenvalue weighted by atomic mass is 10.2. The Kier molecular flexibility index (Phi) is 3.19. The van der Waals surface area contributed by atoms with Crippen LogP contribution in [0.15, 0.2) is 43.0 Å². The minimum atomic E-state index is 0.499. The van der Waals surface area contributed by atoms with Crippen molar-refractivity contribution in [3.05, 3.63) is 59.1 Å². The third-order valence-corrected chi connectivity index (χ3v) is 3.47. The monoisotopic (exact) mass is 272 g/mol. The molecule has 0 saturated heterocycles. The fraction of sp³-hybridized carbons (Fsp3) is 0.143. The number of fused-ring (bicyclic) bond motifs is 1. The van der Waals surface area contributed by atoms with E-state index < -0.39 is 0 Å². The molecule has 0 fully saturated rings. The van der Waals surface area contributed by atoms with Gasteiger partial charge in [-0.25, -0.2) is 4.98 Å². The van der Waals surface area contributed by atoms with Crippen molar-refractivity contribution in [2.75, 3.05) is 0 Å². The number of rotatable bonds is 3. The predicted octanol–water partition coefficient (Wildman–Crippen LogP) is 2.59. The number of halogens is 1. The topological polar surface area (TPSA) is 56.7 Å². The molecular weight excluding hydrogens is 260 g/mol. The molecule has 3 heterocycles. The normalized spacial score (nSPS) is 11.1. The van der Waals surface area contributed by atoms with Crippen molar-refractivity contribution in [2.24, 2.45) is 5.73 Å². The number of aromatic nitrogens is 3. The lowest BCUT2D eigenvalue weighted by molar-refractivity contribution is 0.817. The highest BCUT2D eigenvalue weighted by atomic mass is 35.5. The van der Waals surface area contributed by atoms with Crippen molar-refractivity contribution >= 4 is 22.6 Å². The average molecular weight is 273 g/mol. The third kappa shape index (κ3) is 2.20. The molecule has 4 nitrogen and oxygen atoms in total.